The summed E-state index contributed by atoms with van der Waals surface area (Å²) in [7, 11) is 0. The maximum absolute atomic E-state index is 12.6. The average Bonchev–Trinajstić information content (AvgIpc) is 2.86. The third-order valence-corrected chi connectivity index (χ3v) is 5.31. The summed E-state index contributed by atoms with van der Waals surface area (Å²) in [5.74, 6) is 0.619. The molecule has 1 aromatic rings. The van der Waals surface area contributed by atoms with Crippen molar-refractivity contribution in [2.24, 2.45) is 0 Å². The summed E-state index contributed by atoms with van der Waals surface area (Å²) in [6.45, 7) is 6.16. The Morgan fingerprint density at radius 3 is 2.68 bits per heavy atom. The largest absolute Gasteiger partial charge is 0.341 e. The van der Waals surface area contributed by atoms with Gasteiger partial charge in [-0.3, -0.25) is 4.79 Å². The van der Waals surface area contributed by atoms with E-state index in [1.165, 1.54) is 24.0 Å². The summed E-state index contributed by atoms with van der Waals surface area (Å²) in [6.07, 6.45) is 5.32. The van der Waals surface area contributed by atoms with E-state index in [9.17, 15) is 4.79 Å². The molecule has 22 heavy (non-hydrogen) atoms. The fourth-order valence-corrected chi connectivity index (χ4v) is 3.76. The molecule has 1 aromatic carbocycles. The number of nitrogens with zero attached hydrogens (tertiary/aromatic N) is 1. The number of nitrogens with one attached hydrogen (secondary N) is 1. The van der Waals surface area contributed by atoms with E-state index in [1.54, 1.807) is 0 Å². The fraction of sp³-hybridized carbons (Fsp3) is 0.632. The van der Waals surface area contributed by atoms with E-state index in [0.717, 1.165) is 25.9 Å². The highest BCUT2D eigenvalue weighted by molar-refractivity contribution is 5.77. The highest BCUT2D eigenvalue weighted by Gasteiger charge is 2.31. The number of likely N-dealkylation sites (tertiary alicyclic amines) is 1. The first-order chi connectivity index (χ1) is 10.7. The first-order valence-electron chi connectivity index (χ1n) is 8.78. The number of carbonyl (C=O) groups is 1. The van der Waals surface area contributed by atoms with Gasteiger partial charge >= 0.3 is 0 Å². The molecule has 3 rings (SSSR count). The Bertz CT molecular complexity index is 511. The van der Waals surface area contributed by atoms with Crippen LogP contribution in [-0.4, -0.2) is 36.0 Å². The van der Waals surface area contributed by atoms with E-state index < -0.39 is 0 Å². The summed E-state index contributed by atoms with van der Waals surface area (Å²) in [6, 6.07) is 9.90. The number of benzene rings is 1. The monoisotopic (exact) mass is 300 g/mol. The van der Waals surface area contributed by atoms with Gasteiger partial charge in [0.15, 0.2) is 0 Å². The van der Waals surface area contributed by atoms with Crippen LogP contribution in [0.15, 0.2) is 24.3 Å². The van der Waals surface area contributed by atoms with Crippen LogP contribution in [0.4, 0.5) is 0 Å². The molecule has 0 spiro atoms. The molecule has 2 bridgehead atoms. The molecule has 3 nitrogen and oxygen atoms in total. The second kappa shape index (κ2) is 6.82. The lowest BCUT2D eigenvalue weighted by molar-refractivity contribution is -0.131. The van der Waals surface area contributed by atoms with Gasteiger partial charge in [0.25, 0.3) is 0 Å². The lowest BCUT2D eigenvalue weighted by atomic mass is 9.95. The Hall–Kier alpha value is -1.35. The number of amides is 1. The van der Waals surface area contributed by atoms with Gasteiger partial charge in [0, 0.05) is 31.6 Å². The SMILES string of the molecule is CCc1ccc(C(C)CC(=O)N2CCC3CCC(C2)N3)cc1. The van der Waals surface area contributed by atoms with Crippen molar-refractivity contribution in [1.82, 2.24) is 10.2 Å². The van der Waals surface area contributed by atoms with E-state index in [2.05, 4.69) is 48.3 Å². The Morgan fingerprint density at radius 1 is 1.23 bits per heavy atom. The van der Waals surface area contributed by atoms with Crippen molar-refractivity contribution < 1.29 is 4.79 Å². The topological polar surface area (TPSA) is 32.3 Å². The standard InChI is InChI=1S/C19H28N2O/c1-3-15-4-6-16(7-5-15)14(2)12-19(22)21-11-10-17-8-9-18(13-21)20-17/h4-7,14,17-18,20H,3,8-13H2,1-2H3. The lowest BCUT2D eigenvalue weighted by Crippen LogP contribution is -2.39. The van der Waals surface area contributed by atoms with Crippen LogP contribution in [0.1, 0.15) is 56.6 Å². The van der Waals surface area contributed by atoms with Gasteiger partial charge in [0.1, 0.15) is 0 Å². The normalized spacial score (nSPS) is 25.8. The van der Waals surface area contributed by atoms with Crippen LogP contribution < -0.4 is 5.32 Å². The molecule has 0 aliphatic carbocycles. The molecule has 0 aromatic heterocycles. The predicted molar refractivity (Wildman–Crippen MR) is 90.0 cm³/mol. The van der Waals surface area contributed by atoms with Gasteiger partial charge in [0.2, 0.25) is 5.91 Å². The maximum atomic E-state index is 12.6. The van der Waals surface area contributed by atoms with Crippen LogP contribution in [0.5, 0.6) is 0 Å². The van der Waals surface area contributed by atoms with E-state index in [0.29, 0.717) is 30.3 Å². The van der Waals surface area contributed by atoms with Gasteiger partial charge in [-0.1, -0.05) is 38.1 Å². The molecular weight excluding hydrogens is 272 g/mol. The van der Waals surface area contributed by atoms with Crippen LogP contribution in [0.25, 0.3) is 0 Å². The smallest absolute Gasteiger partial charge is 0.223 e. The molecule has 2 fully saturated rings. The van der Waals surface area contributed by atoms with Crippen molar-refractivity contribution in [1.29, 1.82) is 0 Å². The zero-order valence-electron chi connectivity index (χ0n) is 13.8. The summed E-state index contributed by atoms with van der Waals surface area (Å²) in [5, 5.41) is 3.64. The summed E-state index contributed by atoms with van der Waals surface area (Å²) >= 11 is 0. The third-order valence-electron chi connectivity index (χ3n) is 5.31. The first kappa shape index (κ1) is 15.5. The highest BCUT2D eigenvalue weighted by Crippen LogP contribution is 2.24. The Balaban J connectivity index is 1.58. The lowest BCUT2D eigenvalue weighted by Gasteiger charge is -2.25. The molecule has 3 unspecified atom stereocenters. The molecule has 1 amide bonds. The Kier molecular flexibility index (Phi) is 4.82. The molecular formula is C19H28N2O. The number of aryl methyl sites for hydroxylation is 1. The van der Waals surface area contributed by atoms with Crippen LogP contribution in [0, 0.1) is 0 Å². The summed E-state index contributed by atoms with van der Waals surface area (Å²) in [5.41, 5.74) is 2.64. The second-order valence-corrected chi connectivity index (χ2v) is 6.97. The van der Waals surface area contributed by atoms with Gasteiger partial charge in [-0.2, -0.15) is 0 Å². The van der Waals surface area contributed by atoms with Crippen molar-refractivity contribution >= 4 is 5.91 Å². The molecule has 3 heteroatoms. The van der Waals surface area contributed by atoms with Crippen molar-refractivity contribution in [2.45, 2.75) is 64.0 Å². The van der Waals surface area contributed by atoms with Crippen molar-refractivity contribution in [3.05, 3.63) is 35.4 Å². The molecule has 2 aliphatic heterocycles. The second-order valence-electron chi connectivity index (χ2n) is 6.97. The van der Waals surface area contributed by atoms with E-state index >= 15 is 0 Å². The van der Waals surface area contributed by atoms with E-state index in [-0.39, 0.29) is 0 Å². The fourth-order valence-electron chi connectivity index (χ4n) is 3.76. The molecule has 2 saturated heterocycles. The van der Waals surface area contributed by atoms with Gasteiger partial charge in [-0.05, 0) is 42.7 Å². The predicted octanol–water partition coefficient (Wildman–Crippen LogP) is 3.10. The van der Waals surface area contributed by atoms with Crippen LogP contribution >= 0.6 is 0 Å². The molecule has 0 saturated carbocycles. The number of hydrogen-bond donors (Lipinski definition) is 1. The molecule has 2 heterocycles. The highest BCUT2D eigenvalue weighted by atomic mass is 16.2. The maximum Gasteiger partial charge on any atom is 0.223 e. The van der Waals surface area contributed by atoms with E-state index in [1.807, 2.05) is 0 Å². The molecule has 0 radical (unpaired) electrons. The minimum Gasteiger partial charge on any atom is -0.341 e. The van der Waals surface area contributed by atoms with Gasteiger partial charge in [-0.15, -0.1) is 0 Å². The average molecular weight is 300 g/mol. The minimum atomic E-state index is 0.298. The Morgan fingerprint density at radius 2 is 1.95 bits per heavy atom. The van der Waals surface area contributed by atoms with Crippen LogP contribution in [-0.2, 0) is 11.2 Å². The van der Waals surface area contributed by atoms with Gasteiger partial charge < -0.3 is 10.2 Å². The number of hydrogen-bond acceptors (Lipinski definition) is 2. The molecule has 1 N–H and O–H groups in total. The van der Waals surface area contributed by atoms with Crippen molar-refractivity contribution in [2.75, 3.05) is 13.1 Å². The van der Waals surface area contributed by atoms with Crippen molar-refractivity contribution in [3.8, 4) is 0 Å². The first-order valence-corrected chi connectivity index (χ1v) is 8.78. The molecule has 120 valence electrons. The van der Waals surface area contributed by atoms with Gasteiger partial charge in [0.05, 0.1) is 0 Å². The number of fused-ring (bicyclic) bond motifs is 2. The molecule has 2 aliphatic rings. The summed E-state index contributed by atoms with van der Waals surface area (Å²) in [4.78, 5) is 14.7. The zero-order chi connectivity index (χ0) is 15.5. The zero-order valence-corrected chi connectivity index (χ0v) is 13.8. The minimum absolute atomic E-state index is 0.298. The van der Waals surface area contributed by atoms with Crippen molar-refractivity contribution in [3.63, 3.8) is 0 Å². The quantitative estimate of drug-likeness (QED) is 0.926. The van der Waals surface area contributed by atoms with Gasteiger partial charge in [-0.25, -0.2) is 0 Å². The van der Waals surface area contributed by atoms with Crippen LogP contribution in [0.3, 0.4) is 0 Å². The number of carbonyl (C=O) groups excluding carboxylic acids is 1. The van der Waals surface area contributed by atoms with Crippen LogP contribution in [0.2, 0.25) is 0 Å². The van der Waals surface area contributed by atoms with E-state index in [4.69, 9.17) is 0 Å². The third kappa shape index (κ3) is 3.52. The summed E-state index contributed by atoms with van der Waals surface area (Å²) < 4.78 is 0. The number of rotatable bonds is 4. The Labute approximate surface area is 134 Å². The molecule has 3 atom stereocenters.